The average molecular weight is 253 g/mol. The van der Waals surface area contributed by atoms with E-state index in [0.717, 1.165) is 0 Å². The average Bonchev–Trinajstić information content (AvgIpc) is 2.31. The summed E-state index contributed by atoms with van der Waals surface area (Å²) in [4.78, 5) is 24.0. The van der Waals surface area contributed by atoms with E-state index in [4.69, 9.17) is 5.11 Å². The number of aryl methyl sites for hydroxylation is 1. The number of carboxylic acid groups (broad SMARTS) is 1. The van der Waals surface area contributed by atoms with Gasteiger partial charge in [-0.25, -0.2) is 4.39 Å². The fourth-order valence-corrected chi connectivity index (χ4v) is 1.57. The Morgan fingerprint density at radius 3 is 2.56 bits per heavy atom. The van der Waals surface area contributed by atoms with Crippen molar-refractivity contribution in [1.82, 2.24) is 4.90 Å². The molecule has 0 bridgehead atoms. The van der Waals surface area contributed by atoms with Crippen molar-refractivity contribution in [3.05, 3.63) is 35.1 Å². The lowest BCUT2D eigenvalue weighted by Crippen LogP contribution is -2.33. The van der Waals surface area contributed by atoms with Crippen molar-refractivity contribution in [2.24, 2.45) is 5.92 Å². The molecule has 0 aromatic heterocycles. The molecule has 98 valence electrons. The zero-order valence-electron chi connectivity index (χ0n) is 10.6. The van der Waals surface area contributed by atoms with Crippen LogP contribution in [-0.2, 0) is 4.79 Å². The van der Waals surface area contributed by atoms with E-state index in [1.165, 1.54) is 37.1 Å². The van der Waals surface area contributed by atoms with Gasteiger partial charge in [-0.05, 0) is 30.7 Å². The SMILES string of the molecule is Cc1cc(C(=O)N(C)CC(C)C(=O)O)ccc1F. The number of benzene rings is 1. The van der Waals surface area contributed by atoms with Crippen LogP contribution in [0, 0.1) is 18.7 Å². The fraction of sp³-hybridized carbons (Fsp3) is 0.385. The molecule has 1 N–H and O–H groups in total. The van der Waals surface area contributed by atoms with Gasteiger partial charge in [0.25, 0.3) is 5.91 Å². The summed E-state index contributed by atoms with van der Waals surface area (Å²) in [6, 6.07) is 4.09. The Hall–Kier alpha value is -1.91. The quantitative estimate of drug-likeness (QED) is 0.892. The summed E-state index contributed by atoms with van der Waals surface area (Å²) >= 11 is 0. The van der Waals surface area contributed by atoms with Crippen molar-refractivity contribution >= 4 is 11.9 Å². The van der Waals surface area contributed by atoms with Crippen LogP contribution in [0.1, 0.15) is 22.8 Å². The Morgan fingerprint density at radius 1 is 1.44 bits per heavy atom. The largest absolute Gasteiger partial charge is 0.481 e. The standard InChI is InChI=1S/C13H16FNO3/c1-8-6-10(4-5-11(8)14)12(16)15(3)7-9(2)13(17)18/h4-6,9H,7H2,1-3H3,(H,17,18). The van der Waals surface area contributed by atoms with Crippen LogP contribution in [0.4, 0.5) is 4.39 Å². The van der Waals surface area contributed by atoms with E-state index in [0.29, 0.717) is 11.1 Å². The maximum Gasteiger partial charge on any atom is 0.308 e. The van der Waals surface area contributed by atoms with E-state index in [1.54, 1.807) is 6.92 Å². The summed E-state index contributed by atoms with van der Waals surface area (Å²) in [6.45, 7) is 3.22. The van der Waals surface area contributed by atoms with Crippen LogP contribution in [-0.4, -0.2) is 35.5 Å². The van der Waals surface area contributed by atoms with Gasteiger partial charge in [0.1, 0.15) is 5.82 Å². The minimum absolute atomic E-state index is 0.116. The normalized spacial score (nSPS) is 12.0. The van der Waals surface area contributed by atoms with Crippen LogP contribution in [0.5, 0.6) is 0 Å². The molecule has 0 spiro atoms. The number of nitrogens with zero attached hydrogens (tertiary/aromatic N) is 1. The number of amides is 1. The summed E-state index contributed by atoms with van der Waals surface area (Å²) < 4.78 is 13.1. The first-order valence-corrected chi connectivity index (χ1v) is 5.57. The molecule has 1 rings (SSSR count). The minimum atomic E-state index is -0.954. The van der Waals surface area contributed by atoms with Gasteiger partial charge in [0.2, 0.25) is 0 Å². The number of hydrogen-bond donors (Lipinski definition) is 1. The van der Waals surface area contributed by atoms with Crippen molar-refractivity contribution in [3.8, 4) is 0 Å². The van der Waals surface area contributed by atoms with Gasteiger partial charge in [-0.15, -0.1) is 0 Å². The van der Waals surface area contributed by atoms with Crippen LogP contribution in [0.25, 0.3) is 0 Å². The lowest BCUT2D eigenvalue weighted by molar-refractivity contribution is -0.141. The lowest BCUT2D eigenvalue weighted by atomic mass is 10.1. The van der Waals surface area contributed by atoms with Gasteiger partial charge in [0.15, 0.2) is 0 Å². The summed E-state index contributed by atoms with van der Waals surface area (Å²) in [5.41, 5.74) is 0.745. The molecule has 0 heterocycles. The molecule has 0 aliphatic heterocycles. The lowest BCUT2D eigenvalue weighted by Gasteiger charge is -2.19. The van der Waals surface area contributed by atoms with Gasteiger partial charge in [0, 0.05) is 19.2 Å². The monoisotopic (exact) mass is 253 g/mol. The molecule has 1 atom stereocenters. The van der Waals surface area contributed by atoms with Crippen LogP contribution in [0.2, 0.25) is 0 Å². The first-order chi connectivity index (χ1) is 8.32. The smallest absolute Gasteiger partial charge is 0.308 e. The maximum atomic E-state index is 13.1. The number of carboxylic acids is 1. The molecule has 1 aromatic carbocycles. The molecule has 0 saturated carbocycles. The molecule has 1 aromatic rings. The molecular weight excluding hydrogens is 237 g/mol. The third kappa shape index (κ3) is 3.29. The first kappa shape index (κ1) is 14.2. The second-order valence-electron chi connectivity index (χ2n) is 4.39. The molecule has 5 heteroatoms. The molecule has 0 saturated heterocycles. The van der Waals surface area contributed by atoms with E-state index < -0.39 is 11.9 Å². The predicted molar refractivity (Wildman–Crippen MR) is 64.9 cm³/mol. The Kier molecular flexibility index (Phi) is 4.42. The van der Waals surface area contributed by atoms with Gasteiger partial charge in [-0.3, -0.25) is 9.59 Å². The van der Waals surface area contributed by atoms with E-state index in [-0.39, 0.29) is 18.3 Å². The Bertz CT molecular complexity index is 473. The van der Waals surface area contributed by atoms with Crippen molar-refractivity contribution in [2.75, 3.05) is 13.6 Å². The summed E-state index contributed by atoms with van der Waals surface area (Å²) in [6.07, 6.45) is 0. The molecule has 0 aliphatic rings. The Morgan fingerprint density at radius 2 is 2.06 bits per heavy atom. The molecule has 0 radical (unpaired) electrons. The Balaban J connectivity index is 2.80. The molecule has 18 heavy (non-hydrogen) atoms. The molecule has 0 fully saturated rings. The zero-order chi connectivity index (χ0) is 13.9. The molecular formula is C13H16FNO3. The van der Waals surface area contributed by atoms with Gasteiger partial charge in [0.05, 0.1) is 5.92 Å². The third-order valence-corrected chi connectivity index (χ3v) is 2.72. The fourth-order valence-electron chi connectivity index (χ4n) is 1.57. The van der Waals surface area contributed by atoms with Crippen molar-refractivity contribution < 1.29 is 19.1 Å². The second kappa shape index (κ2) is 5.62. The van der Waals surface area contributed by atoms with Gasteiger partial charge >= 0.3 is 5.97 Å². The summed E-state index contributed by atoms with van der Waals surface area (Å²) in [5.74, 6) is -2.27. The number of carbonyl (C=O) groups is 2. The second-order valence-corrected chi connectivity index (χ2v) is 4.39. The zero-order valence-corrected chi connectivity index (χ0v) is 10.6. The number of carbonyl (C=O) groups excluding carboxylic acids is 1. The van der Waals surface area contributed by atoms with Crippen LogP contribution < -0.4 is 0 Å². The van der Waals surface area contributed by atoms with Crippen molar-refractivity contribution in [3.63, 3.8) is 0 Å². The highest BCUT2D eigenvalue weighted by Crippen LogP contribution is 2.12. The van der Waals surface area contributed by atoms with Crippen molar-refractivity contribution in [2.45, 2.75) is 13.8 Å². The minimum Gasteiger partial charge on any atom is -0.481 e. The summed E-state index contributed by atoms with van der Waals surface area (Å²) in [5, 5.41) is 8.78. The van der Waals surface area contributed by atoms with E-state index >= 15 is 0 Å². The number of hydrogen-bond acceptors (Lipinski definition) is 2. The number of halogens is 1. The summed E-state index contributed by atoms with van der Waals surface area (Å²) in [7, 11) is 1.53. The molecule has 1 amide bonds. The van der Waals surface area contributed by atoms with Gasteiger partial charge < -0.3 is 10.0 Å². The maximum absolute atomic E-state index is 13.1. The first-order valence-electron chi connectivity index (χ1n) is 5.57. The van der Waals surface area contributed by atoms with E-state index in [2.05, 4.69) is 0 Å². The van der Waals surface area contributed by atoms with E-state index in [9.17, 15) is 14.0 Å². The van der Waals surface area contributed by atoms with Crippen LogP contribution in [0.15, 0.2) is 18.2 Å². The highest BCUT2D eigenvalue weighted by atomic mass is 19.1. The molecule has 1 unspecified atom stereocenters. The van der Waals surface area contributed by atoms with Gasteiger partial charge in [-0.2, -0.15) is 0 Å². The number of aliphatic carboxylic acids is 1. The van der Waals surface area contributed by atoms with Gasteiger partial charge in [-0.1, -0.05) is 6.92 Å². The highest BCUT2D eigenvalue weighted by molar-refractivity contribution is 5.94. The topological polar surface area (TPSA) is 57.6 Å². The highest BCUT2D eigenvalue weighted by Gasteiger charge is 2.18. The Labute approximate surface area is 105 Å². The third-order valence-electron chi connectivity index (χ3n) is 2.72. The van der Waals surface area contributed by atoms with E-state index in [1.807, 2.05) is 0 Å². The van der Waals surface area contributed by atoms with Crippen molar-refractivity contribution in [1.29, 1.82) is 0 Å². The van der Waals surface area contributed by atoms with Crippen LogP contribution in [0.3, 0.4) is 0 Å². The van der Waals surface area contributed by atoms with Crippen LogP contribution >= 0.6 is 0 Å². The number of rotatable bonds is 4. The molecule has 0 aliphatic carbocycles. The predicted octanol–water partition coefficient (Wildman–Crippen LogP) is 1.93. The molecule has 4 nitrogen and oxygen atoms in total.